The van der Waals surface area contributed by atoms with Gasteiger partial charge in [0.1, 0.15) is 0 Å². The lowest BCUT2D eigenvalue weighted by Gasteiger charge is -2.57. The molecule has 7 atom stereocenters. The molecule has 7 unspecified atom stereocenters. The smallest absolute Gasteiger partial charge is 0.462 e. The molecule has 37 heavy (non-hydrogen) atoms. The number of hydrogen-bond acceptors (Lipinski definition) is 14. The van der Waals surface area contributed by atoms with Crippen LogP contribution in [-0.2, 0) is 54.8 Å². The van der Waals surface area contributed by atoms with Crippen LogP contribution in [-0.4, -0.2) is 87.6 Å². The first-order valence-electron chi connectivity index (χ1n) is 11.9. The lowest BCUT2D eigenvalue weighted by molar-refractivity contribution is -0.139. The first-order chi connectivity index (χ1) is 16.6. The highest BCUT2D eigenvalue weighted by Crippen LogP contribution is 2.45. The van der Waals surface area contributed by atoms with Gasteiger partial charge in [-0.2, -0.15) is 0 Å². The quantitative estimate of drug-likeness (QED) is 0.197. The van der Waals surface area contributed by atoms with Gasteiger partial charge >= 0.3 is 76.2 Å². The molecule has 1 N–H and O–H groups in total. The average Bonchev–Trinajstić information content (AvgIpc) is 2.56. The summed E-state index contributed by atoms with van der Waals surface area (Å²) >= 11 is 0. The molecule has 4 saturated heterocycles. The Kier molecular flexibility index (Phi) is 7.82. The number of carbonyl (C=O) groups excluding carboxylic acids is 1. The van der Waals surface area contributed by atoms with Crippen molar-refractivity contribution < 1.29 is 59.6 Å². The van der Waals surface area contributed by atoms with Crippen LogP contribution in [0.5, 0.6) is 0 Å². The van der Waals surface area contributed by atoms with Crippen LogP contribution in [0.3, 0.4) is 0 Å². The monoisotopic (exact) mass is 664 g/mol. The molecular weight excluding hydrogens is 629 g/mol. The fourth-order valence-electron chi connectivity index (χ4n) is 4.90. The molecule has 4 aliphatic heterocycles. The van der Waals surface area contributed by atoms with E-state index in [4.69, 9.17) is 50.0 Å². The fourth-order valence-corrected chi connectivity index (χ4v) is 47.6. The molecule has 0 aromatic rings. The van der Waals surface area contributed by atoms with Crippen LogP contribution in [0.15, 0.2) is 12.2 Å². The Morgan fingerprint density at radius 2 is 1.08 bits per heavy atom. The van der Waals surface area contributed by atoms with Crippen LogP contribution in [0.2, 0.25) is 58.4 Å². The molecule has 4 heterocycles. The first kappa shape index (κ1) is 30.4. The number of rotatable bonds is 5. The highest BCUT2D eigenvalue weighted by Gasteiger charge is 2.74. The van der Waals surface area contributed by atoms with E-state index in [0.717, 1.165) is 0 Å². The van der Waals surface area contributed by atoms with Crippen LogP contribution < -0.4 is 0 Å². The fraction of sp³-hybridized carbons (Fsp3) is 0.800. The molecule has 14 nitrogen and oxygen atoms in total. The second kappa shape index (κ2) is 9.50. The van der Waals surface area contributed by atoms with E-state index >= 15 is 0 Å². The summed E-state index contributed by atoms with van der Waals surface area (Å²) in [6.45, 7) is 18.7. The van der Waals surface area contributed by atoms with Crippen molar-refractivity contribution in [3.8, 4) is 0 Å². The zero-order valence-electron chi connectivity index (χ0n) is 22.6. The summed E-state index contributed by atoms with van der Waals surface area (Å²) in [5.74, 6) is -0.499. The van der Waals surface area contributed by atoms with Gasteiger partial charge in [0.25, 0.3) is 0 Å². The second-order valence-corrected chi connectivity index (χ2v) is 34.5. The summed E-state index contributed by atoms with van der Waals surface area (Å²) < 4.78 is 76.5. The molecular formula is C15H36O14Si8. The van der Waals surface area contributed by atoms with E-state index in [0.29, 0.717) is 12.0 Å². The Morgan fingerprint density at radius 1 is 0.676 bits per heavy atom. The van der Waals surface area contributed by atoms with Gasteiger partial charge in [-0.15, -0.1) is 0 Å². The molecule has 0 aromatic heterocycles. The van der Waals surface area contributed by atoms with Crippen molar-refractivity contribution in [3.05, 3.63) is 12.2 Å². The normalized spacial score (nSPS) is 49.1. The molecule has 0 aromatic carbocycles. The van der Waals surface area contributed by atoms with Crippen LogP contribution in [0, 0.1) is 0 Å². The zero-order chi connectivity index (χ0) is 27.8. The lowest BCUT2D eigenvalue weighted by Crippen LogP contribution is -2.82. The number of hydrogen-bond donors (Lipinski definition) is 1. The van der Waals surface area contributed by atoms with Crippen molar-refractivity contribution in [2.24, 2.45) is 0 Å². The molecule has 4 fully saturated rings. The Hall–Kier alpha value is 0.465. The van der Waals surface area contributed by atoms with Crippen LogP contribution in [0.25, 0.3) is 0 Å². The predicted molar refractivity (Wildman–Crippen MR) is 142 cm³/mol. The third kappa shape index (κ3) is 7.04. The highest BCUT2D eigenvalue weighted by molar-refractivity contribution is 7.00. The van der Waals surface area contributed by atoms with E-state index in [1.165, 1.54) is 6.55 Å². The average molecular weight is 665 g/mol. The van der Waals surface area contributed by atoms with Gasteiger partial charge in [0, 0.05) is 50.9 Å². The molecule has 4 rings (SSSR count). The molecule has 0 saturated carbocycles. The summed E-state index contributed by atoms with van der Waals surface area (Å²) in [4.78, 5) is 23.1. The lowest BCUT2D eigenvalue weighted by atomic mass is 10.4. The van der Waals surface area contributed by atoms with E-state index in [-0.39, 0.29) is 12.7 Å². The SMILES string of the molecule is C=C(C)C(=O)OCCC[Si]12O[Si](C)(C)O[Si]3(C)O[Si]4(C)O[Si](C)(O)O[Si](C)(O[Si](C)(O4)O[Si](C)(O3)O1)O2. The minimum Gasteiger partial charge on any atom is -0.462 e. The maximum atomic E-state index is 11.9. The molecule has 0 radical (unpaired) electrons. The van der Waals surface area contributed by atoms with Crippen LogP contribution in [0.1, 0.15) is 13.3 Å². The molecule has 22 heteroatoms. The van der Waals surface area contributed by atoms with E-state index in [1.54, 1.807) is 39.7 Å². The topological polar surface area (TPSA) is 148 Å². The van der Waals surface area contributed by atoms with Gasteiger partial charge in [0.15, 0.2) is 0 Å². The van der Waals surface area contributed by atoms with Gasteiger partial charge in [-0.05, 0) is 26.4 Å². The maximum absolute atomic E-state index is 11.9. The van der Waals surface area contributed by atoms with Crippen molar-refractivity contribution in [3.63, 3.8) is 0 Å². The molecule has 6 bridgehead atoms. The third-order valence-corrected chi connectivity index (χ3v) is 39.2. The number of fused-ring (bicyclic) bond motifs is 4. The van der Waals surface area contributed by atoms with E-state index < -0.39 is 76.2 Å². The number of carbonyl (C=O) groups is 1. The van der Waals surface area contributed by atoms with Gasteiger partial charge in [0.05, 0.1) is 6.61 Å². The largest absolute Gasteiger partial charge is 0.480 e. The van der Waals surface area contributed by atoms with Crippen LogP contribution in [0.4, 0.5) is 0 Å². The summed E-state index contributed by atoms with van der Waals surface area (Å²) in [5.41, 5.74) is 0.293. The van der Waals surface area contributed by atoms with Crippen LogP contribution >= 0.6 is 0 Å². The predicted octanol–water partition coefficient (Wildman–Crippen LogP) is 1.78. The maximum Gasteiger partial charge on any atom is 0.480 e. The molecule has 0 aliphatic carbocycles. The Morgan fingerprint density at radius 3 is 1.57 bits per heavy atom. The van der Waals surface area contributed by atoms with Gasteiger partial charge in [-0.1, -0.05) is 6.58 Å². The first-order valence-corrected chi connectivity index (χ1v) is 30.0. The molecule has 0 spiro atoms. The van der Waals surface area contributed by atoms with Gasteiger partial charge < -0.3 is 54.8 Å². The summed E-state index contributed by atoms with van der Waals surface area (Å²) in [5, 5.41) is 0. The third-order valence-electron chi connectivity index (χ3n) is 5.33. The van der Waals surface area contributed by atoms with E-state index in [9.17, 15) is 9.59 Å². The van der Waals surface area contributed by atoms with Gasteiger partial charge in [0.2, 0.25) is 0 Å². The van der Waals surface area contributed by atoms with Gasteiger partial charge in [-0.25, -0.2) is 4.79 Å². The minimum atomic E-state index is -3.93. The van der Waals surface area contributed by atoms with Crippen molar-refractivity contribution in [2.45, 2.75) is 71.8 Å². The highest BCUT2D eigenvalue weighted by atomic mass is 28.6. The Bertz CT molecular complexity index is 967. The zero-order valence-corrected chi connectivity index (χ0v) is 30.6. The minimum absolute atomic E-state index is 0.0734. The van der Waals surface area contributed by atoms with E-state index in [1.807, 2.05) is 13.1 Å². The standard InChI is InChI=1S/C15H36O14Si8/c1-14(2)15(16)18-12-11-13-37-20-30(3,4)19-32(6)23-33(7)21-31(5,17)22-34(8,28-37)26-35(9,25-33)27-36(10,24-32)29-37/h17H,1,11-13H2,2-10H3. The molecule has 0 amide bonds. The Balaban J connectivity index is 1.80. The molecule has 4 aliphatic rings. The number of ether oxygens (including phenoxy) is 1. The summed E-state index contributed by atoms with van der Waals surface area (Å²) in [6.07, 6.45) is 0.330. The summed E-state index contributed by atoms with van der Waals surface area (Å²) in [6, 6.07) is 0.205. The van der Waals surface area contributed by atoms with Crippen molar-refractivity contribution in [1.29, 1.82) is 0 Å². The van der Waals surface area contributed by atoms with Crippen molar-refractivity contribution >= 4 is 76.2 Å². The van der Waals surface area contributed by atoms with E-state index in [2.05, 4.69) is 6.58 Å². The second-order valence-electron chi connectivity index (χ2n) is 10.4. The summed E-state index contributed by atoms with van der Waals surface area (Å²) in [7, 11) is -29.2. The Labute approximate surface area is 225 Å². The molecule has 212 valence electrons. The van der Waals surface area contributed by atoms with Crippen molar-refractivity contribution in [2.75, 3.05) is 6.61 Å². The van der Waals surface area contributed by atoms with Crippen molar-refractivity contribution in [1.82, 2.24) is 0 Å². The van der Waals surface area contributed by atoms with Gasteiger partial charge in [-0.3, -0.25) is 0 Å². The number of esters is 1.